The Labute approximate surface area is 127 Å². The number of anilines is 1. The third-order valence-corrected chi connectivity index (χ3v) is 4.21. The van der Waals surface area contributed by atoms with E-state index in [0.29, 0.717) is 11.4 Å². The van der Waals surface area contributed by atoms with Crippen molar-refractivity contribution in [3.05, 3.63) is 52.2 Å². The quantitative estimate of drug-likeness (QED) is 0.891. The van der Waals surface area contributed by atoms with E-state index in [4.69, 9.17) is 0 Å². The van der Waals surface area contributed by atoms with E-state index < -0.39 is 0 Å². The van der Waals surface area contributed by atoms with Crippen molar-refractivity contribution in [1.29, 1.82) is 0 Å². The Kier molecular flexibility index (Phi) is 4.01. The average molecular weight is 300 g/mol. The molecule has 1 heterocycles. The molecule has 1 aliphatic rings. The molecule has 0 saturated heterocycles. The van der Waals surface area contributed by atoms with Gasteiger partial charge in [0.1, 0.15) is 0 Å². The molecule has 0 unspecified atom stereocenters. The first-order valence-corrected chi connectivity index (χ1v) is 7.82. The summed E-state index contributed by atoms with van der Waals surface area (Å²) >= 11 is 1.42. The monoisotopic (exact) mass is 300 g/mol. The Bertz CT molecular complexity index is 648. The molecule has 1 aromatic carbocycles. The number of benzene rings is 1. The van der Waals surface area contributed by atoms with Crippen molar-refractivity contribution in [2.75, 3.05) is 5.32 Å². The van der Waals surface area contributed by atoms with E-state index in [0.717, 1.165) is 24.1 Å². The van der Waals surface area contributed by atoms with E-state index in [2.05, 4.69) is 10.6 Å². The van der Waals surface area contributed by atoms with Gasteiger partial charge in [-0.15, -0.1) is 11.3 Å². The van der Waals surface area contributed by atoms with Gasteiger partial charge in [-0.1, -0.05) is 18.2 Å². The highest BCUT2D eigenvalue weighted by molar-refractivity contribution is 7.12. The molecule has 0 atom stereocenters. The molecule has 1 aliphatic carbocycles. The molecule has 108 valence electrons. The number of hydrogen-bond donors (Lipinski definition) is 2. The lowest BCUT2D eigenvalue weighted by molar-refractivity contribution is -0.117. The molecule has 0 spiro atoms. The Morgan fingerprint density at radius 1 is 1.19 bits per heavy atom. The van der Waals surface area contributed by atoms with E-state index in [9.17, 15) is 9.59 Å². The highest BCUT2D eigenvalue weighted by atomic mass is 32.1. The van der Waals surface area contributed by atoms with Crippen molar-refractivity contribution in [2.24, 2.45) is 5.92 Å². The Hall–Kier alpha value is -2.14. The maximum absolute atomic E-state index is 11.9. The van der Waals surface area contributed by atoms with Crippen LogP contribution in [0.2, 0.25) is 0 Å². The van der Waals surface area contributed by atoms with Crippen LogP contribution in [-0.4, -0.2) is 11.8 Å². The maximum Gasteiger partial charge on any atom is 0.261 e. The van der Waals surface area contributed by atoms with Crippen molar-refractivity contribution in [3.8, 4) is 0 Å². The number of nitrogens with one attached hydrogen (secondary N) is 2. The SMILES string of the molecule is O=C(NCc1cccc(NC(=O)C2CC2)c1)c1cccs1. The van der Waals surface area contributed by atoms with Gasteiger partial charge in [0.2, 0.25) is 5.91 Å². The third-order valence-electron chi connectivity index (χ3n) is 3.34. The fraction of sp³-hybridized carbons (Fsp3) is 0.250. The zero-order chi connectivity index (χ0) is 14.7. The van der Waals surface area contributed by atoms with Gasteiger partial charge in [-0.3, -0.25) is 9.59 Å². The predicted octanol–water partition coefficient (Wildman–Crippen LogP) is 3.03. The molecule has 2 amide bonds. The molecule has 5 heteroatoms. The summed E-state index contributed by atoms with van der Waals surface area (Å²) in [6, 6.07) is 11.2. The van der Waals surface area contributed by atoms with Crippen LogP contribution in [0.3, 0.4) is 0 Å². The largest absolute Gasteiger partial charge is 0.347 e. The molecular weight excluding hydrogens is 284 g/mol. The van der Waals surface area contributed by atoms with Crippen molar-refractivity contribution < 1.29 is 9.59 Å². The molecule has 2 aromatic rings. The second kappa shape index (κ2) is 6.10. The van der Waals surface area contributed by atoms with E-state index >= 15 is 0 Å². The standard InChI is InChI=1S/C16H16N2O2S/c19-15(12-6-7-12)18-13-4-1-3-11(9-13)10-17-16(20)14-5-2-8-21-14/h1-5,8-9,12H,6-7,10H2,(H,17,20)(H,18,19). The Morgan fingerprint density at radius 2 is 2.05 bits per heavy atom. The minimum absolute atomic E-state index is 0.0718. The Morgan fingerprint density at radius 3 is 2.76 bits per heavy atom. The summed E-state index contributed by atoms with van der Waals surface area (Å²) in [7, 11) is 0. The summed E-state index contributed by atoms with van der Waals surface area (Å²) in [5, 5.41) is 7.66. The molecule has 1 fully saturated rings. The molecule has 3 rings (SSSR count). The molecule has 2 N–H and O–H groups in total. The lowest BCUT2D eigenvalue weighted by Gasteiger charge is -2.08. The topological polar surface area (TPSA) is 58.2 Å². The maximum atomic E-state index is 11.9. The van der Waals surface area contributed by atoms with Gasteiger partial charge in [0.05, 0.1) is 4.88 Å². The molecule has 4 nitrogen and oxygen atoms in total. The number of hydrogen-bond acceptors (Lipinski definition) is 3. The molecule has 0 aliphatic heterocycles. The van der Waals surface area contributed by atoms with Crippen LogP contribution in [-0.2, 0) is 11.3 Å². The third kappa shape index (κ3) is 3.70. The van der Waals surface area contributed by atoms with Crippen LogP contribution < -0.4 is 10.6 Å². The van der Waals surface area contributed by atoms with Crippen molar-refractivity contribution in [3.63, 3.8) is 0 Å². The first-order chi connectivity index (χ1) is 10.2. The van der Waals surface area contributed by atoms with E-state index in [-0.39, 0.29) is 17.7 Å². The normalized spacial score (nSPS) is 13.7. The van der Waals surface area contributed by atoms with Gasteiger partial charge < -0.3 is 10.6 Å². The predicted molar refractivity (Wildman–Crippen MR) is 83.3 cm³/mol. The van der Waals surface area contributed by atoms with Gasteiger partial charge in [-0.2, -0.15) is 0 Å². The van der Waals surface area contributed by atoms with Gasteiger partial charge in [-0.05, 0) is 42.0 Å². The first kappa shape index (κ1) is 13.8. The minimum atomic E-state index is -0.0718. The van der Waals surface area contributed by atoms with Crippen molar-refractivity contribution >= 4 is 28.8 Å². The van der Waals surface area contributed by atoms with Crippen LogP contribution in [0, 0.1) is 5.92 Å². The smallest absolute Gasteiger partial charge is 0.261 e. The van der Waals surface area contributed by atoms with Gasteiger partial charge in [0.25, 0.3) is 5.91 Å². The molecule has 0 bridgehead atoms. The van der Waals surface area contributed by atoms with Crippen LogP contribution in [0.15, 0.2) is 41.8 Å². The van der Waals surface area contributed by atoms with E-state index in [1.165, 1.54) is 11.3 Å². The molecule has 1 saturated carbocycles. The number of amides is 2. The first-order valence-electron chi connectivity index (χ1n) is 6.94. The summed E-state index contributed by atoms with van der Waals surface area (Å²) < 4.78 is 0. The van der Waals surface area contributed by atoms with Gasteiger partial charge in [0, 0.05) is 18.2 Å². The van der Waals surface area contributed by atoms with E-state index in [1.807, 2.05) is 35.7 Å². The number of carbonyl (C=O) groups excluding carboxylic acids is 2. The van der Waals surface area contributed by atoms with Gasteiger partial charge in [-0.25, -0.2) is 0 Å². The summed E-state index contributed by atoms with van der Waals surface area (Å²) in [6.07, 6.45) is 1.98. The Balaban J connectivity index is 1.58. The number of carbonyl (C=O) groups is 2. The van der Waals surface area contributed by atoms with Crippen molar-refractivity contribution in [2.45, 2.75) is 19.4 Å². The van der Waals surface area contributed by atoms with E-state index in [1.54, 1.807) is 6.07 Å². The molecule has 1 aromatic heterocycles. The van der Waals surface area contributed by atoms with Crippen LogP contribution in [0.5, 0.6) is 0 Å². The fourth-order valence-corrected chi connectivity index (χ4v) is 2.67. The summed E-state index contributed by atoms with van der Waals surface area (Å²) in [5.41, 5.74) is 1.75. The molecular formula is C16H16N2O2S. The van der Waals surface area contributed by atoms with Crippen molar-refractivity contribution in [1.82, 2.24) is 5.32 Å². The van der Waals surface area contributed by atoms with Crippen LogP contribution in [0.25, 0.3) is 0 Å². The number of rotatable bonds is 5. The van der Waals surface area contributed by atoms with Crippen LogP contribution in [0.1, 0.15) is 28.1 Å². The number of thiophene rings is 1. The van der Waals surface area contributed by atoms with Gasteiger partial charge >= 0.3 is 0 Å². The minimum Gasteiger partial charge on any atom is -0.347 e. The summed E-state index contributed by atoms with van der Waals surface area (Å²) in [4.78, 5) is 24.3. The molecule has 21 heavy (non-hydrogen) atoms. The van der Waals surface area contributed by atoms with Crippen LogP contribution >= 0.6 is 11.3 Å². The summed E-state index contributed by atoms with van der Waals surface area (Å²) in [5.74, 6) is 0.208. The lowest BCUT2D eigenvalue weighted by atomic mass is 10.2. The second-order valence-electron chi connectivity index (χ2n) is 5.12. The average Bonchev–Trinajstić information content (AvgIpc) is 3.20. The zero-order valence-corrected chi connectivity index (χ0v) is 12.3. The van der Waals surface area contributed by atoms with Crippen LogP contribution in [0.4, 0.5) is 5.69 Å². The highest BCUT2D eigenvalue weighted by Crippen LogP contribution is 2.30. The summed E-state index contributed by atoms with van der Waals surface area (Å²) in [6.45, 7) is 0.448. The zero-order valence-electron chi connectivity index (χ0n) is 11.5. The lowest BCUT2D eigenvalue weighted by Crippen LogP contribution is -2.22. The second-order valence-corrected chi connectivity index (χ2v) is 6.07. The fourth-order valence-electron chi connectivity index (χ4n) is 2.03. The van der Waals surface area contributed by atoms with Gasteiger partial charge in [0.15, 0.2) is 0 Å². The highest BCUT2D eigenvalue weighted by Gasteiger charge is 2.29. The molecule has 0 radical (unpaired) electrons.